The molecule has 0 rings (SSSR count). The summed E-state index contributed by atoms with van der Waals surface area (Å²) in [6.45, 7) is 0. The molecule has 13 heteroatoms. The average Bonchev–Trinajstić information content (AvgIpc) is 2.86. The SMILES string of the molecule is COC(CCC[Si](OC)(OC)OC)(CCC[Si](OC)(OC)OC)CC[Si](OC)(OC)OC. The van der Waals surface area contributed by atoms with E-state index in [1.165, 1.54) is 0 Å². The van der Waals surface area contributed by atoms with Gasteiger partial charge in [0.1, 0.15) is 0 Å². The normalized spacial score (nSPS) is 13.7. The van der Waals surface area contributed by atoms with E-state index in [0.717, 1.165) is 25.7 Å². The van der Waals surface area contributed by atoms with Gasteiger partial charge in [0.15, 0.2) is 0 Å². The maximum Gasteiger partial charge on any atom is 0.500 e. The second-order valence-corrected chi connectivity index (χ2v) is 16.8. The monoisotopic (exact) mass is 518 g/mol. The van der Waals surface area contributed by atoms with Crippen molar-refractivity contribution in [3.63, 3.8) is 0 Å². The van der Waals surface area contributed by atoms with Gasteiger partial charge in [0.25, 0.3) is 0 Å². The fourth-order valence-electron chi connectivity index (χ4n) is 3.98. The lowest BCUT2D eigenvalue weighted by atomic mass is 9.89. The Morgan fingerprint density at radius 1 is 0.406 bits per heavy atom. The van der Waals surface area contributed by atoms with Gasteiger partial charge in [-0.3, -0.25) is 0 Å². The predicted molar refractivity (Wildman–Crippen MR) is 128 cm³/mol. The Morgan fingerprint density at radius 3 is 0.938 bits per heavy atom. The van der Waals surface area contributed by atoms with E-state index in [-0.39, 0.29) is 0 Å². The van der Waals surface area contributed by atoms with Gasteiger partial charge in [-0.2, -0.15) is 0 Å². The highest BCUT2D eigenvalue weighted by atomic mass is 28.4. The first kappa shape index (κ1) is 32.3. The van der Waals surface area contributed by atoms with Crippen molar-refractivity contribution in [3.8, 4) is 0 Å². The van der Waals surface area contributed by atoms with Crippen LogP contribution in [0.3, 0.4) is 0 Å². The van der Waals surface area contributed by atoms with Gasteiger partial charge >= 0.3 is 26.4 Å². The van der Waals surface area contributed by atoms with Crippen LogP contribution in [0.5, 0.6) is 0 Å². The zero-order valence-electron chi connectivity index (χ0n) is 21.7. The summed E-state index contributed by atoms with van der Waals surface area (Å²) >= 11 is 0. The Morgan fingerprint density at radius 2 is 0.688 bits per heavy atom. The number of hydrogen-bond acceptors (Lipinski definition) is 10. The Balaban J connectivity index is 5.47. The Hall–Kier alpha value is 0.251. The highest BCUT2D eigenvalue weighted by Gasteiger charge is 2.44. The summed E-state index contributed by atoms with van der Waals surface area (Å²) in [5.41, 5.74) is -0.418. The van der Waals surface area contributed by atoms with E-state index in [1.807, 2.05) is 0 Å². The van der Waals surface area contributed by atoms with E-state index in [2.05, 4.69) is 0 Å². The van der Waals surface area contributed by atoms with E-state index in [0.29, 0.717) is 24.6 Å². The lowest BCUT2D eigenvalue weighted by molar-refractivity contribution is -0.0339. The van der Waals surface area contributed by atoms with Crippen molar-refractivity contribution in [2.75, 3.05) is 71.1 Å². The van der Waals surface area contributed by atoms with E-state index in [9.17, 15) is 0 Å². The van der Waals surface area contributed by atoms with E-state index in [1.54, 1.807) is 71.1 Å². The van der Waals surface area contributed by atoms with Gasteiger partial charge < -0.3 is 44.6 Å². The largest absolute Gasteiger partial charge is 0.500 e. The molecule has 0 bridgehead atoms. The fraction of sp³-hybridized carbons (Fsp3) is 1.00. The molecule has 0 aromatic heterocycles. The van der Waals surface area contributed by atoms with E-state index >= 15 is 0 Å². The van der Waals surface area contributed by atoms with Gasteiger partial charge in [0.05, 0.1) is 5.60 Å². The van der Waals surface area contributed by atoms with Gasteiger partial charge in [-0.1, -0.05) is 0 Å². The number of methoxy groups -OCH3 is 1. The smallest absolute Gasteiger partial charge is 0.378 e. The topological polar surface area (TPSA) is 92.3 Å². The van der Waals surface area contributed by atoms with Crippen LogP contribution in [0.4, 0.5) is 0 Å². The molecule has 0 aromatic carbocycles. The summed E-state index contributed by atoms with van der Waals surface area (Å²) in [6.07, 6.45) is 3.93. The van der Waals surface area contributed by atoms with Crippen molar-refractivity contribution in [1.29, 1.82) is 0 Å². The minimum Gasteiger partial charge on any atom is -0.378 e. The van der Waals surface area contributed by atoms with Crippen molar-refractivity contribution < 1.29 is 44.6 Å². The number of ether oxygens (including phenoxy) is 1. The van der Waals surface area contributed by atoms with Crippen molar-refractivity contribution in [3.05, 3.63) is 0 Å². The summed E-state index contributed by atoms with van der Waals surface area (Å²) in [6, 6.07) is 2.01. The molecule has 0 heterocycles. The molecule has 10 nitrogen and oxygen atoms in total. The van der Waals surface area contributed by atoms with Crippen molar-refractivity contribution in [2.24, 2.45) is 0 Å². The van der Waals surface area contributed by atoms with Crippen LogP contribution in [0, 0.1) is 0 Å². The first-order chi connectivity index (χ1) is 15.2. The van der Waals surface area contributed by atoms with Crippen LogP contribution >= 0.6 is 0 Å². The standard InChI is InChI=1S/C19H46O10Si3/c1-20-19(15-18-32(27-8,28-9)29-10,13-11-16-30(21-2,22-3)23-4)14-12-17-31(24-5,25-6)26-7/h11-18H2,1-10H3. The molecule has 0 saturated heterocycles. The van der Waals surface area contributed by atoms with Crippen LogP contribution in [-0.4, -0.2) is 103 Å². The van der Waals surface area contributed by atoms with E-state index in [4.69, 9.17) is 44.6 Å². The molecular weight excluding hydrogens is 472 g/mol. The molecular formula is C19H46O10Si3. The lowest BCUT2D eigenvalue weighted by Gasteiger charge is -2.36. The summed E-state index contributed by atoms with van der Waals surface area (Å²) in [4.78, 5) is 0. The Kier molecular flexibility index (Phi) is 16.1. The van der Waals surface area contributed by atoms with Crippen LogP contribution < -0.4 is 0 Å². The van der Waals surface area contributed by atoms with Gasteiger partial charge in [0.2, 0.25) is 0 Å². The van der Waals surface area contributed by atoms with Gasteiger partial charge in [-0.25, -0.2) is 0 Å². The molecule has 0 amide bonds. The molecule has 0 atom stereocenters. The molecule has 0 aliphatic rings. The molecule has 194 valence electrons. The average molecular weight is 519 g/mol. The summed E-state index contributed by atoms with van der Waals surface area (Å²) in [5, 5.41) is 0. The third kappa shape index (κ3) is 9.13. The molecule has 0 unspecified atom stereocenters. The molecule has 0 saturated carbocycles. The van der Waals surface area contributed by atoms with Crippen LogP contribution in [0.1, 0.15) is 32.1 Å². The molecule has 0 fully saturated rings. The third-order valence-electron chi connectivity index (χ3n) is 6.35. The predicted octanol–water partition coefficient (Wildman–Crippen LogP) is 2.96. The summed E-state index contributed by atoms with van der Waals surface area (Å²) < 4.78 is 56.5. The molecule has 0 aliphatic carbocycles. The summed E-state index contributed by atoms with van der Waals surface area (Å²) in [7, 11) is 8.31. The molecule has 0 radical (unpaired) electrons. The molecule has 0 aliphatic heterocycles. The van der Waals surface area contributed by atoms with Gasteiger partial charge in [-0.05, 0) is 32.1 Å². The van der Waals surface area contributed by atoms with Crippen LogP contribution in [0.15, 0.2) is 0 Å². The highest BCUT2D eigenvalue weighted by molar-refractivity contribution is 6.61. The minimum absolute atomic E-state index is 0.418. The lowest BCUT2D eigenvalue weighted by Crippen LogP contribution is -2.46. The zero-order valence-corrected chi connectivity index (χ0v) is 24.7. The molecule has 0 aromatic rings. The number of hydrogen-bond donors (Lipinski definition) is 0. The first-order valence-electron chi connectivity index (χ1n) is 10.7. The minimum atomic E-state index is -2.75. The summed E-state index contributed by atoms with van der Waals surface area (Å²) in [5.74, 6) is 0. The third-order valence-corrected chi connectivity index (χ3v) is 14.7. The Labute approximate surface area is 198 Å². The van der Waals surface area contributed by atoms with Gasteiger partial charge in [0, 0.05) is 89.2 Å². The fourth-order valence-corrected chi connectivity index (χ4v) is 9.30. The van der Waals surface area contributed by atoms with Gasteiger partial charge in [-0.15, -0.1) is 0 Å². The first-order valence-corrected chi connectivity index (χ1v) is 16.5. The Bertz CT molecular complexity index is 423. The van der Waals surface area contributed by atoms with Crippen molar-refractivity contribution in [1.82, 2.24) is 0 Å². The number of rotatable bonds is 21. The quantitative estimate of drug-likeness (QED) is 0.211. The molecule has 32 heavy (non-hydrogen) atoms. The van der Waals surface area contributed by atoms with Crippen LogP contribution in [0.25, 0.3) is 0 Å². The maximum atomic E-state index is 6.14. The van der Waals surface area contributed by atoms with E-state index < -0.39 is 32.0 Å². The van der Waals surface area contributed by atoms with Crippen LogP contribution in [-0.2, 0) is 44.6 Å². The zero-order chi connectivity index (χ0) is 24.7. The highest BCUT2D eigenvalue weighted by Crippen LogP contribution is 2.35. The van der Waals surface area contributed by atoms with Crippen molar-refractivity contribution >= 4 is 26.4 Å². The molecule has 0 spiro atoms. The van der Waals surface area contributed by atoms with Crippen molar-refractivity contribution in [2.45, 2.75) is 55.8 Å². The second-order valence-electron chi connectivity index (χ2n) is 7.48. The van der Waals surface area contributed by atoms with Crippen LogP contribution in [0.2, 0.25) is 18.1 Å². The second kappa shape index (κ2) is 16.0. The molecule has 0 N–H and O–H groups in total. The maximum absolute atomic E-state index is 6.14.